The molecule has 1 aliphatic heterocycles. The Morgan fingerprint density at radius 3 is 2.44 bits per heavy atom. The number of phenols is 2. The van der Waals surface area contributed by atoms with Crippen LogP contribution < -0.4 is 15.2 Å². The van der Waals surface area contributed by atoms with Crippen molar-refractivity contribution in [2.45, 2.75) is 18.6 Å². The van der Waals surface area contributed by atoms with E-state index < -0.39 is 0 Å². The van der Waals surface area contributed by atoms with Gasteiger partial charge in [0, 0.05) is 18.5 Å². The highest BCUT2D eigenvalue weighted by molar-refractivity contribution is 5.85. The highest BCUT2D eigenvalue weighted by atomic mass is 35.5. The standard InChI is InChI=1S/C18H21NO5.ClH/c1-22-11-2-4-12(5-3-11)23-10-13-8-15-14(17(9-19)24-13)6-7-16(20)18(15)21;/h2-7,13,17,20-21H,8-10,19H2,1H3;1H. The average Bonchev–Trinajstić information content (AvgIpc) is 2.63. The molecule has 4 N–H and O–H groups in total. The van der Waals surface area contributed by atoms with Crippen LogP contribution in [0, 0.1) is 0 Å². The lowest BCUT2D eigenvalue weighted by Gasteiger charge is -2.32. The van der Waals surface area contributed by atoms with E-state index in [0.29, 0.717) is 24.3 Å². The van der Waals surface area contributed by atoms with E-state index in [4.69, 9.17) is 19.9 Å². The number of phenolic OH excluding ortho intramolecular Hbond substituents is 2. The monoisotopic (exact) mass is 367 g/mol. The van der Waals surface area contributed by atoms with Crippen LogP contribution in [-0.2, 0) is 11.2 Å². The number of rotatable bonds is 5. The summed E-state index contributed by atoms with van der Waals surface area (Å²) in [6.07, 6.45) is -0.145. The first-order valence-electron chi connectivity index (χ1n) is 7.78. The summed E-state index contributed by atoms with van der Waals surface area (Å²) in [6.45, 7) is 0.605. The third-order valence-corrected chi connectivity index (χ3v) is 4.14. The van der Waals surface area contributed by atoms with Gasteiger partial charge in [0.25, 0.3) is 0 Å². The number of fused-ring (bicyclic) bond motifs is 1. The lowest BCUT2D eigenvalue weighted by molar-refractivity contribution is -0.0422. The van der Waals surface area contributed by atoms with Crippen LogP contribution in [0.2, 0.25) is 0 Å². The van der Waals surface area contributed by atoms with Crippen molar-refractivity contribution >= 4 is 12.4 Å². The minimum absolute atomic E-state index is 0. The number of hydrogen-bond acceptors (Lipinski definition) is 6. The normalized spacial score (nSPS) is 18.8. The molecule has 0 fully saturated rings. The molecular formula is C18H22ClNO5. The van der Waals surface area contributed by atoms with Crippen molar-refractivity contribution in [3.8, 4) is 23.0 Å². The molecule has 136 valence electrons. The molecule has 0 amide bonds. The number of methoxy groups -OCH3 is 1. The first-order chi connectivity index (χ1) is 11.6. The zero-order valence-electron chi connectivity index (χ0n) is 13.8. The Morgan fingerprint density at radius 1 is 1.12 bits per heavy atom. The molecule has 0 bridgehead atoms. The molecule has 1 aliphatic rings. The smallest absolute Gasteiger partial charge is 0.161 e. The fourth-order valence-corrected chi connectivity index (χ4v) is 2.88. The van der Waals surface area contributed by atoms with Gasteiger partial charge in [-0.2, -0.15) is 0 Å². The SMILES string of the molecule is COc1ccc(OCC2Cc3c(ccc(O)c3O)C(CN)O2)cc1.Cl. The quantitative estimate of drug-likeness (QED) is 0.703. The Bertz CT molecular complexity index is 707. The number of halogens is 1. The maximum Gasteiger partial charge on any atom is 0.161 e. The van der Waals surface area contributed by atoms with E-state index in [2.05, 4.69) is 0 Å². The van der Waals surface area contributed by atoms with Crippen molar-refractivity contribution in [3.05, 3.63) is 47.5 Å². The molecule has 0 saturated heterocycles. The summed E-state index contributed by atoms with van der Waals surface area (Å²) in [5.74, 6) is 1.22. The van der Waals surface area contributed by atoms with E-state index in [1.54, 1.807) is 13.2 Å². The molecule has 2 unspecified atom stereocenters. The number of hydrogen-bond donors (Lipinski definition) is 3. The molecule has 3 rings (SSSR count). The predicted molar refractivity (Wildman–Crippen MR) is 95.9 cm³/mol. The van der Waals surface area contributed by atoms with Crippen molar-refractivity contribution < 1.29 is 24.4 Å². The number of benzene rings is 2. The molecular weight excluding hydrogens is 346 g/mol. The fraction of sp³-hybridized carbons (Fsp3) is 0.333. The first kappa shape index (κ1) is 19.2. The molecule has 0 radical (unpaired) electrons. The summed E-state index contributed by atoms with van der Waals surface area (Å²) >= 11 is 0. The second-order valence-corrected chi connectivity index (χ2v) is 5.67. The minimum Gasteiger partial charge on any atom is -0.504 e. The Balaban J connectivity index is 0.00000225. The Kier molecular flexibility index (Phi) is 6.36. The Hall–Kier alpha value is -2.15. The van der Waals surface area contributed by atoms with E-state index >= 15 is 0 Å². The van der Waals surface area contributed by atoms with Crippen LogP contribution in [0.5, 0.6) is 23.0 Å². The van der Waals surface area contributed by atoms with Gasteiger partial charge < -0.3 is 30.2 Å². The van der Waals surface area contributed by atoms with E-state index in [1.165, 1.54) is 6.07 Å². The van der Waals surface area contributed by atoms with Crippen molar-refractivity contribution in [1.29, 1.82) is 0 Å². The van der Waals surface area contributed by atoms with Gasteiger partial charge in [0.2, 0.25) is 0 Å². The lowest BCUT2D eigenvalue weighted by Crippen LogP contribution is -2.34. The second kappa shape index (κ2) is 8.29. The summed E-state index contributed by atoms with van der Waals surface area (Å²) in [4.78, 5) is 0. The highest BCUT2D eigenvalue weighted by Crippen LogP contribution is 2.39. The fourth-order valence-electron chi connectivity index (χ4n) is 2.88. The van der Waals surface area contributed by atoms with E-state index in [0.717, 1.165) is 11.3 Å². The minimum atomic E-state index is -0.329. The van der Waals surface area contributed by atoms with E-state index in [9.17, 15) is 10.2 Å². The zero-order valence-corrected chi connectivity index (χ0v) is 14.7. The van der Waals surface area contributed by atoms with Gasteiger partial charge in [0.15, 0.2) is 11.5 Å². The molecule has 2 atom stereocenters. The van der Waals surface area contributed by atoms with Gasteiger partial charge in [0.1, 0.15) is 18.1 Å². The van der Waals surface area contributed by atoms with Gasteiger partial charge in [-0.15, -0.1) is 12.4 Å². The van der Waals surface area contributed by atoms with Gasteiger partial charge in [-0.3, -0.25) is 0 Å². The van der Waals surface area contributed by atoms with Gasteiger partial charge in [-0.05, 0) is 35.9 Å². The number of nitrogens with two attached hydrogens (primary N) is 1. The van der Waals surface area contributed by atoms with Crippen molar-refractivity contribution in [3.63, 3.8) is 0 Å². The largest absolute Gasteiger partial charge is 0.504 e. The maximum absolute atomic E-state index is 10.1. The molecule has 0 spiro atoms. The summed E-state index contributed by atoms with van der Waals surface area (Å²) in [6, 6.07) is 10.5. The topological polar surface area (TPSA) is 94.2 Å². The molecule has 1 heterocycles. The second-order valence-electron chi connectivity index (χ2n) is 5.67. The van der Waals surface area contributed by atoms with E-state index in [1.807, 2.05) is 24.3 Å². The maximum atomic E-state index is 10.1. The molecule has 7 heteroatoms. The van der Waals surface area contributed by atoms with Gasteiger partial charge in [-0.1, -0.05) is 6.07 Å². The van der Waals surface area contributed by atoms with Gasteiger partial charge in [-0.25, -0.2) is 0 Å². The lowest BCUT2D eigenvalue weighted by atomic mass is 9.93. The number of ether oxygens (including phenoxy) is 3. The first-order valence-corrected chi connectivity index (χ1v) is 7.78. The Labute approximate surface area is 152 Å². The molecule has 25 heavy (non-hydrogen) atoms. The third-order valence-electron chi connectivity index (χ3n) is 4.14. The van der Waals surface area contributed by atoms with Crippen LogP contribution in [-0.4, -0.2) is 36.6 Å². The third kappa shape index (κ3) is 4.10. The van der Waals surface area contributed by atoms with Crippen molar-refractivity contribution in [2.24, 2.45) is 5.73 Å². The Morgan fingerprint density at radius 2 is 1.80 bits per heavy atom. The van der Waals surface area contributed by atoms with Crippen molar-refractivity contribution in [2.75, 3.05) is 20.3 Å². The van der Waals surface area contributed by atoms with E-state index in [-0.39, 0.29) is 42.7 Å². The molecule has 0 aromatic heterocycles. The van der Waals surface area contributed by atoms with Crippen LogP contribution in [0.3, 0.4) is 0 Å². The highest BCUT2D eigenvalue weighted by Gasteiger charge is 2.30. The van der Waals surface area contributed by atoms with Gasteiger partial charge in [0.05, 0.1) is 19.3 Å². The molecule has 2 aromatic carbocycles. The van der Waals surface area contributed by atoms with Crippen LogP contribution in [0.15, 0.2) is 36.4 Å². The van der Waals surface area contributed by atoms with Crippen LogP contribution in [0.25, 0.3) is 0 Å². The zero-order chi connectivity index (χ0) is 17.1. The summed E-state index contributed by atoms with van der Waals surface area (Å²) in [5.41, 5.74) is 7.26. The number of aromatic hydroxyl groups is 2. The summed E-state index contributed by atoms with van der Waals surface area (Å²) in [5, 5.41) is 19.8. The van der Waals surface area contributed by atoms with Crippen molar-refractivity contribution in [1.82, 2.24) is 0 Å². The summed E-state index contributed by atoms with van der Waals surface area (Å²) in [7, 11) is 1.61. The predicted octanol–water partition coefficient (Wildman–Crippen LogP) is 2.55. The molecule has 6 nitrogen and oxygen atoms in total. The molecule has 2 aromatic rings. The van der Waals surface area contributed by atoms with Crippen LogP contribution >= 0.6 is 12.4 Å². The van der Waals surface area contributed by atoms with Crippen LogP contribution in [0.1, 0.15) is 17.2 Å². The van der Waals surface area contributed by atoms with Crippen LogP contribution in [0.4, 0.5) is 0 Å². The summed E-state index contributed by atoms with van der Waals surface area (Å²) < 4.78 is 16.8. The molecule has 0 saturated carbocycles. The van der Waals surface area contributed by atoms with Gasteiger partial charge >= 0.3 is 0 Å². The average molecular weight is 368 g/mol. The molecule has 0 aliphatic carbocycles.